The van der Waals surface area contributed by atoms with E-state index in [4.69, 9.17) is 9.47 Å². The van der Waals surface area contributed by atoms with Crippen molar-refractivity contribution in [2.24, 2.45) is 0 Å². The second kappa shape index (κ2) is 4.03. The van der Waals surface area contributed by atoms with Crippen molar-refractivity contribution in [3.05, 3.63) is 17.7 Å². The van der Waals surface area contributed by atoms with Crippen LogP contribution in [-0.2, 0) is 0 Å². The van der Waals surface area contributed by atoms with E-state index in [1.54, 1.807) is 12.1 Å². The van der Waals surface area contributed by atoms with Crippen molar-refractivity contribution < 1.29 is 14.6 Å². The predicted octanol–water partition coefficient (Wildman–Crippen LogP) is 2.11. The van der Waals surface area contributed by atoms with Crippen LogP contribution >= 0.6 is 0 Å². The number of hydrogen-bond acceptors (Lipinski definition) is 3. The van der Waals surface area contributed by atoms with Crippen LogP contribution in [0.15, 0.2) is 12.1 Å². The molecule has 0 saturated heterocycles. The number of rotatable bonds is 3. The Morgan fingerprint density at radius 1 is 1.31 bits per heavy atom. The van der Waals surface area contributed by atoms with E-state index in [-0.39, 0.29) is 5.75 Å². The number of ether oxygens (including phenoxy) is 2. The van der Waals surface area contributed by atoms with E-state index in [0.29, 0.717) is 18.1 Å². The van der Waals surface area contributed by atoms with Gasteiger partial charge in [-0.2, -0.15) is 0 Å². The molecule has 0 radical (unpaired) electrons. The maximum Gasteiger partial charge on any atom is 0.161 e. The summed E-state index contributed by atoms with van der Waals surface area (Å²) in [4.78, 5) is 0. The lowest BCUT2D eigenvalue weighted by Gasteiger charge is -2.10. The van der Waals surface area contributed by atoms with Crippen molar-refractivity contribution in [3.63, 3.8) is 0 Å². The molecule has 3 nitrogen and oxygen atoms in total. The van der Waals surface area contributed by atoms with Crippen molar-refractivity contribution in [1.29, 1.82) is 0 Å². The molecule has 0 atom stereocenters. The third-order valence-electron chi connectivity index (χ3n) is 1.78. The maximum absolute atomic E-state index is 9.44. The van der Waals surface area contributed by atoms with Gasteiger partial charge in [-0.05, 0) is 25.5 Å². The zero-order chi connectivity index (χ0) is 9.84. The van der Waals surface area contributed by atoms with Crippen molar-refractivity contribution in [2.45, 2.75) is 13.8 Å². The van der Waals surface area contributed by atoms with E-state index in [1.807, 2.05) is 13.8 Å². The first-order valence-electron chi connectivity index (χ1n) is 4.19. The third-order valence-corrected chi connectivity index (χ3v) is 1.78. The first-order valence-corrected chi connectivity index (χ1v) is 4.19. The van der Waals surface area contributed by atoms with Gasteiger partial charge in [0.1, 0.15) is 5.75 Å². The quantitative estimate of drug-likeness (QED) is 0.778. The van der Waals surface area contributed by atoms with E-state index < -0.39 is 0 Å². The minimum Gasteiger partial charge on any atom is -0.504 e. The molecule has 0 spiro atoms. The fourth-order valence-electron chi connectivity index (χ4n) is 1.13. The van der Waals surface area contributed by atoms with Crippen molar-refractivity contribution in [3.8, 4) is 17.2 Å². The van der Waals surface area contributed by atoms with Gasteiger partial charge < -0.3 is 14.6 Å². The van der Waals surface area contributed by atoms with Crippen LogP contribution in [0.5, 0.6) is 17.2 Å². The number of methoxy groups -OCH3 is 1. The summed E-state index contributed by atoms with van der Waals surface area (Å²) < 4.78 is 10.3. The number of benzene rings is 1. The second-order valence-corrected chi connectivity index (χ2v) is 2.72. The smallest absolute Gasteiger partial charge is 0.161 e. The van der Waals surface area contributed by atoms with Gasteiger partial charge in [0.05, 0.1) is 13.7 Å². The molecule has 0 heterocycles. The summed E-state index contributed by atoms with van der Waals surface area (Å²) in [6.45, 7) is 4.40. The minimum atomic E-state index is 0.108. The molecule has 0 aromatic heterocycles. The SMILES string of the molecule is CCOc1cc(O)c(OC)cc1C. The normalized spacial score (nSPS) is 9.77. The number of aromatic hydroxyl groups is 1. The summed E-state index contributed by atoms with van der Waals surface area (Å²) in [5.74, 6) is 1.28. The van der Waals surface area contributed by atoms with E-state index >= 15 is 0 Å². The summed E-state index contributed by atoms with van der Waals surface area (Å²) >= 11 is 0. The van der Waals surface area contributed by atoms with Crippen molar-refractivity contribution >= 4 is 0 Å². The molecule has 1 aromatic carbocycles. The molecule has 0 fully saturated rings. The summed E-state index contributed by atoms with van der Waals surface area (Å²) in [5, 5.41) is 9.44. The van der Waals surface area contributed by atoms with E-state index in [2.05, 4.69) is 0 Å². The van der Waals surface area contributed by atoms with Crippen molar-refractivity contribution in [2.75, 3.05) is 13.7 Å². The van der Waals surface area contributed by atoms with Gasteiger partial charge in [0.25, 0.3) is 0 Å². The topological polar surface area (TPSA) is 38.7 Å². The molecule has 0 aliphatic heterocycles. The van der Waals surface area contributed by atoms with Gasteiger partial charge in [-0.1, -0.05) is 0 Å². The Kier molecular flexibility index (Phi) is 3.01. The molecule has 0 aliphatic rings. The highest BCUT2D eigenvalue weighted by Gasteiger charge is 2.06. The molecular weight excluding hydrogens is 168 g/mol. The Labute approximate surface area is 77.9 Å². The molecule has 0 saturated carbocycles. The van der Waals surface area contributed by atoms with Gasteiger partial charge in [-0.3, -0.25) is 0 Å². The maximum atomic E-state index is 9.44. The molecule has 0 unspecified atom stereocenters. The highest BCUT2D eigenvalue weighted by molar-refractivity contribution is 5.49. The van der Waals surface area contributed by atoms with E-state index in [0.717, 1.165) is 5.56 Å². The summed E-state index contributed by atoms with van der Waals surface area (Å²) in [6.07, 6.45) is 0. The Morgan fingerprint density at radius 2 is 2.00 bits per heavy atom. The standard InChI is InChI=1S/C10H14O3/c1-4-13-9-6-8(11)10(12-3)5-7(9)2/h5-6,11H,4H2,1-3H3. The van der Waals surface area contributed by atoms with Gasteiger partial charge in [0, 0.05) is 6.07 Å². The Bertz CT molecular complexity index is 294. The van der Waals surface area contributed by atoms with Gasteiger partial charge in [-0.15, -0.1) is 0 Å². The molecule has 1 rings (SSSR count). The van der Waals surface area contributed by atoms with Gasteiger partial charge in [0.2, 0.25) is 0 Å². The highest BCUT2D eigenvalue weighted by atomic mass is 16.5. The molecule has 1 N–H and O–H groups in total. The molecule has 13 heavy (non-hydrogen) atoms. The Morgan fingerprint density at radius 3 is 2.54 bits per heavy atom. The second-order valence-electron chi connectivity index (χ2n) is 2.72. The van der Waals surface area contributed by atoms with Crippen LogP contribution in [0.4, 0.5) is 0 Å². The number of aryl methyl sites for hydroxylation is 1. The van der Waals surface area contributed by atoms with E-state index in [1.165, 1.54) is 7.11 Å². The monoisotopic (exact) mass is 182 g/mol. The largest absolute Gasteiger partial charge is 0.504 e. The lowest BCUT2D eigenvalue weighted by Crippen LogP contribution is -1.94. The number of hydrogen-bond donors (Lipinski definition) is 1. The zero-order valence-electron chi connectivity index (χ0n) is 8.13. The zero-order valence-corrected chi connectivity index (χ0v) is 8.13. The van der Waals surface area contributed by atoms with Crippen molar-refractivity contribution in [1.82, 2.24) is 0 Å². The lowest BCUT2D eigenvalue weighted by molar-refractivity contribution is 0.330. The number of phenolic OH excluding ortho intramolecular Hbond substituents is 1. The average molecular weight is 182 g/mol. The Hall–Kier alpha value is -1.38. The third kappa shape index (κ3) is 2.05. The van der Waals surface area contributed by atoms with Gasteiger partial charge in [-0.25, -0.2) is 0 Å². The van der Waals surface area contributed by atoms with Crippen LogP contribution in [0.3, 0.4) is 0 Å². The van der Waals surface area contributed by atoms with Crippen LogP contribution in [0.2, 0.25) is 0 Å². The summed E-state index contributed by atoms with van der Waals surface area (Å²) in [6, 6.07) is 3.32. The summed E-state index contributed by atoms with van der Waals surface area (Å²) in [5.41, 5.74) is 0.955. The van der Waals surface area contributed by atoms with Crippen LogP contribution in [0, 0.1) is 6.92 Å². The summed E-state index contributed by atoms with van der Waals surface area (Å²) in [7, 11) is 1.52. The molecule has 1 aromatic rings. The molecule has 0 bridgehead atoms. The fourth-order valence-corrected chi connectivity index (χ4v) is 1.13. The molecule has 0 aliphatic carbocycles. The van der Waals surface area contributed by atoms with Crippen LogP contribution in [-0.4, -0.2) is 18.8 Å². The minimum absolute atomic E-state index is 0.108. The average Bonchev–Trinajstić information content (AvgIpc) is 2.11. The molecule has 0 amide bonds. The van der Waals surface area contributed by atoms with Crippen LogP contribution < -0.4 is 9.47 Å². The van der Waals surface area contributed by atoms with Crippen LogP contribution in [0.25, 0.3) is 0 Å². The highest BCUT2D eigenvalue weighted by Crippen LogP contribution is 2.33. The van der Waals surface area contributed by atoms with Gasteiger partial charge >= 0.3 is 0 Å². The first kappa shape index (κ1) is 9.71. The predicted molar refractivity (Wildman–Crippen MR) is 50.6 cm³/mol. The first-order chi connectivity index (χ1) is 6.19. The number of phenols is 1. The Balaban J connectivity index is 3.05. The van der Waals surface area contributed by atoms with Gasteiger partial charge in [0.15, 0.2) is 11.5 Å². The molecular formula is C10H14O3. The fraction of sp³-hybridized carbons (Fsp3) is 0.400. The lowest BCUT2D eigenvalue weighted by atomic mass is 10.2. The molecule has 3 heteroatoms. The molecule has 72 valence electrons. The van der Waals surface area contributed by atoms with E-state index in [9.17, 15) is 5.11 Å². The van der Waals surface area contributed by atoms with Crippen LogP contribution in [0.1, 0.15) is 12.5 Å².